The SMILES string of the molecule is OCCNO.[Pt]. The molecule has 0 spiro atoms. The third-order valence-corrected chi connectivity index (χ3v) is 0.224. The maximum atomic E-state index is 7.84. The van der Waals surface area contributed by atoms with Crippen molar-refractivity contribution in [1.82, 2.24) is 5.48 Å². The van der Waals surface area contributed by atoms with Crippen LogP contribution < -0.4 is 5.48 Å². The number of hydrogen-bond acceptors (Lipinski definition) is 3. The van der Waals surface area contributed by atoms with Crippen molar-refractivity contribution in [2.75, 3.05) is 13.2 Å². The van der Waals surface area contributed by atoms with E-state index in [0.29, 0.717) is 0 Å². The van der Waals surface area contributed by atoms with Crippen molar-refractivity contribution in [3.05, 3.63) is 0 Å². The molecule has 0 aliphatic carbocycles. The first-order valence-electron chi connectivity index (χ1n) is 1.39. The minimum absolute atomic E-state index is 0. The zero-order chi connectivity index (χ0) is 4.12. The summed E-state index contributed by atoms with van der Waals surface area (Å²) in [5.41, 5.74) is 1.77. The van der Waals surface area contributed by atoms with Gasteiger partial charge in [-0.15, -0.1) is 0 Å². The summed E-state index contributed by atoms with van der Waals surface area (Å²) in [6.45, 7) is 0.233. The fourth-order valence-corrected chi connectivity index (χ4v) is 0.0500. The average molecular weight is 272 g/mol. The molecule has 0 aliphatic rings. The van der Waals surface area contributed by atoms with E-state index in [2.05, 4.69) is 0 Å². The quantitative estimate of drug-likeness (QED) is 0.563. The van der Waals surface area contributed by atoms with Crippen LogP contribution in [-0.4, -0.2) is 23.5 Å². The molecule has 3 N–H and O–H groups in total. The topological polar surface area (TPSA) is 52.5 Å². The Bertz CT molecular complexity index is 19.0. The van der Waals surface area contributed by atoms with Gasteiger partial charge in [0.1, 0.15) is 0 Å². The van der Waals surface area contributed by atoms with E-state index in [1.165, 1.54) is 0 Å². The van der Waals surface area contributed by atoms with Crippen LogP contribution in [0.25, 0.3) is 0 Å². The van der Waals surface area contributed by atoms with Gasteiger partial charge in [-0.3, -0.25) is 0 Å². The van der Waals surface area contributed by atoms with E-state index in [1.54, 1.807) is 5.48 Å². The second-order valence-electron chi connectivity index (χ2n) is 0.632. The second kappa shape index (κ2) is 9.13. The van der Waals surface area contributed by atoms with E-state index in [1.807, 2.05) is 0 Å². The average Bonchev–Trinajstić information content (AvgIpc) is 1.41. The van der Waals surface area contributed by atoms with Crippen LogP contribution >= 0.6 is 0 Å². The van der Waals surface area contributed by atoms with Crippen molar-refractivity contribution in [3.63, 3.8) is 0 Å². The molecule has 0 rings (SSSR count). The van der Waals surface area contributed by atoms with Gasteiger partial charge in [0.05, 0.1) is 6.61 Å². The Morgan fingerprint density at radius 3 is 2.00 bits per heavy atom. The van der Waals surface area contributed by atoms with Crippen LogP contribution in [0.4, 0.5) is 0 Å². The van der Waals surface area contributed by atoms with Crippen LogP contribution in [0.3, 0.4) is 0 Å². The van der Waals surface area contributed by atoms with Gasteiger partial charge in [-0.05, 0) is 0 Å². The minimum Gasteiger partial charge on any atom is -0.395 e. The first kappa shape index (κ1) is 9.76. The van der Waals surface area contributed by atoms with Crippen molar-refractivity contribution >= 4 is 0 Å². The Morgan fingerprint density at radius 1 is 1.50 bits per heavy atom. The van der Waals surface area contributed by atoms with Gasteiger partial charge in [0.2, 0.25) is 0 Å². The molecule has 0 heterocycles. The Labute approximate surface area is 50.6 Å². The van der Waals surface area contributed by atoms with Gasteiger partial charge in [0.15, 0.2) is 0 Å². The number of rotatable bonds is 2. The third kappa shape index (κ3) is 8.82. The summed E-state index contributed by atoms with van der Waals surface area (Å²) in [6, 6.07) is 0. The van der Waals surface area contributed by atoms with Gasteiger partial charge in [-0.25, -0.2) is 5.48 Å². The van der Waals surface area contributed by atoms with E-state index in [4.69, 9.17) is 10.3 Å². The molecule has 0 unspecified atom stereocenters. The molecule has 0 radical (unpaired) electrons. The number of nitrogens with one attached hydrogen (secondary N) is 1. The summed E-state index contributed by atoms with van der Waals surface area (Å²) in [4.78, 5) is 0. The van der Waals surface area contributed by atoms with E-state index in [0.717, 1.165) is 0 Å². The molecule has 0 aromatic heterocycles. The molecular weight excluding hydrogens is 265 g/mol. The van der Waals surface area contributed by atoms with Crippen molar-refractivity contribution < 1.29 is 31.4 Å². The smallest absolute Gasteiger partial charge is 0.0579 e. The van der Waals surface area contributed by atoms with Crippen LogP contribution in [0.5, 0.6) is 0 Å². The summed E-state index contributed by atoms with van der Waals surface area (Å²) in [6.07, 6.45) is 0. The first-order chi connectivity index (χ1) is 2.41. The second-order valence-corrected chi connectivity index (χ2v) is 0.632. The van der Waals surface area contributed by atoms with E-state index < -0.39 is 0 Å². The van der Waals surface area contributed by atoms with Crippen molar-refractivity contribution in [1.29, 1.82) is 0 Å². The Balaban J connectivity index is 0. The van der Waals surface area contributed by atoms with Crippen LogP contribution in [0.15, 0.2) is 0 Å². The third-order valence-electron chi connectivity index (χ3n) is 0.224. The normalized spacial score (nSPS) is 7.00. The predicted octanol–water partition coefficient (Wildman–Crippen LogP) is -1.04. The standard InChI is InChI=1S/C2H7NO2.Pt/c4-2-1-3-5;/h3-5H,1-2H2;. The molecule has 0 saturated carbocycles. The summed E-state index contributed by atoms with van der Waals surface area (Å²) in [5, 5.41) is 15.5. The molecule has 0 saturated heterocycles. The number of hydrogen-bond donors (Lipinski definition) is 3. The van der Waals surface area contributed by atoms with Gasteiger partial charge >= 0.3 is 0 Å². The zero-order valence-corrected chi connectivity index (χ0v) is 5.40. The molecule has 4 heteroatoms. The van der Waals surface area contributed by atoms with E-state index in [-0.39, 0.29) is 34.2 Å². The molecule has 0 aliphatic heterocycles. The molecule has 0 aromatic carbocycles. The maximum absolute atomic E-state index is 7.84. The Kier molecular flexibility index (Phi) is 14.8. The van der Waals surface area contributed by atoms with Gasteiger partial charge < -0.3 is 10.3 Å². The molecule has 0 bridgehead atoms. The fraction of sp³-hybridized carbons (Fsp3) is 1.00. The van der Waals surface area contributed by atoms with Crippen molar-refractivity contribution in [2.45, 2.75) is 0 Å². The summed E-state index contributed by atoms with van der Waals surface area (Å²) < 4.78 is 0. The maximum Gasteiger partial charge on any atom is 0.0579 e. The van der Waals surface area contributed by atoms with Gasteiger partial charge in [-0.1, -0.05) is 0 Å². The first-order valence-corrected chi connectivity index (χ1v) is 1.39. The number of aliphatic hydroxyl groups excluding tert-OH is 1. The molecular formula is C2H7NO2Pt. The monoisotopic (exact) mass is 272 g/mol. The largest absolute Gasteiger partial charge is 0.395 e. The molecule has 3 nitrogen and oxygen atoms in total. The van der Waals surface area contributed by atoms with Crippen molar-refractivity contribution in [2.24, 2.45) is 0 Å². The van der Waals surface area contributed by atoms with Crippen LogP contribution in [0, 0.1) is 0 Å². The molecule has 0 amide bonds. The summed E-state index contributed by atoms with van der Waals surface area (Å²) >= 11 is 0. The zero-order valence-electron chi connectivity index (χ0n) is 3.12. The van der Waals surface area contributed by atoms with Gasteiger partial charge in [0, 0.05) is 27.6 Å². The predicted molar refractivity (Wildman–Crippen MR) is 16.9 cm³/mol. The summed E-state index contributed by atoms with van der Waals surface area (Å²) in [5.74, 6) is 0. The molecule has 0 atom stereocenters. The van der Waals surface area contributed by atoms with Crippen LogP contribution in [0.2, 0.25) is 0 Å². The van der Waals surface area contributed by atoms with Gasteiger partial charge in [-0.2, -0.15) is 0 Å². The van der Waals surface area contributed by atoms with Gasteiger partial charge in [0.25, 0.3) is 0 Å². The Morgan fingerprint density at radius 2 is 2.00 bits per heavy atom. The van der Waals surface area contributed by atoms with Crippen LogP contribution in [-0.2, 0) is 21.1 Å². The molecule has 42 valence electrons. The van der Waals surface area contributed by atoms with Crippen LogP contribution in [0.1, 0.15) is 0 Å². The van der Waals surface area contributed by atoms with E-state index >= 15 is 0 Å². The fourth-order valence-electron chi connectivity index (χ4n) is 0.0500. The van der Waals surface area contributed by atoms with Crippen molar-refractivity contribution in [3.8, 4) is 0 Å². The minimum atomic E-state index is -0.0174. The summed E-state index contributed by atoms with van der Waals surface area (Å²) in [7, 11) is 0. The molecule has 0 aromatic rings. The number of aliphatic hydroxyl groups is 1. The Hall–Kier alpha value is 0.568. The molecule has 0 fully saturated rings. The number of hydroxylamine groups is 1. The molecule has 6 heavy (non-hydrogen) atoms. The van der Waals surface area contributed by atoms with E-state index in [9.17, 15) is 0 Å².